The fourth-order valence-electron chi connectivity index (χ4n) is 3.16. The first kappa shape index (κ1) is 20.0. The lowest BCUT2D eigenvalue weighted by molar-refractivity contribution is -0.137. The Bertz CT molecular complexity index is 839. The number of carbonyl (C=O) groups excluding carboxylic acids is 1. The molecule has 0 saturated carbocycles. The van der Waals surface area contributed by atoms with Gasteiger partial charge in [0.25, 0.3) is 0 Å². The van der Waals surface area contributed by atoms with E-state index < -0.39 is 5.97 Å². The lowest BCUT2D eigenvalue weighted by atomic mass is 10.1. The Kier molecular flexibility index (Phi) is 6.71. The molecule has 0 aromatic heterocycles. The average molecular weight is 399 g/mol. The van der Waals surface area contributed by atoms with Crippen molar-refractivity contribution in [2.75, 3.05) is 31.1 Å². The van der Waals surface area contributed by atoms with E-state index in [9.17, 15) is 9.59 Å². The second-order valence-electron chi connectivity index (χ2n) is 6.76. The minimum atomic E-state index is -0.782. The van der Waals surface area contributed by atoms with Crippen molar-refractivity contribution < 1.29 is 14.7 Å². The van der Waals surface area contributed by atoms with Crippen LogP contribution < -0.4 is 4.90 Å². The maximum atomic E-state index is 12.4. The maximum Gasteiger partial charge on any atom is 0.303 e. The summed E-state index contributed by atoms with van der Waals surface area (Å²) in [7, 11) is 0. The second-order valence-corrected chi connectivity index (χ2v) is 7.19. The lowest BCUT2D eigenvalue weighted by Gasteiger charge is -2.35. The minimum absolute atomic E-state index is 0.0126. The summed E-state index contributed by atoms with van der Waals surface area (Å²) in [6.07, 6.45) is 4.10. The lowest BCUT2D eigenvalue weighted by Crippen LogP contribution is -2.48. The summed E-state index contributed by atoms with van der Waals surface area (Å²) < 4.78 is 0. The van der Waals surface area contributed by atoms with Crippen LogP contribution in [0, 0.1) is 0 Å². The number of carboxylic acids is 1. The van der Waals surface area contributed by atoms with Crippen LogP contribution in [-0.2, 0) is 16.0 Å². The monoisotopic (exact) mass is 398 g/mol. The first-order valence-corrected chi connectivity index (χ1v) is 9.67. The van der Waals surface area contributed by atoms with Gasteiger partial charge >= 0.3 is 5.97 Å². The van der Waals surface area contributed by atoms with E-state index in [1.165, 1.54) is 0 Å². The highest BCUT2D eigenvalue weighted by atomic mass is 35.5. The number of carbonyl (C=O) groups is 2. The quantitative estimate of drug-likeness (QED) is 0.753. The topological polar surface area (TPSA) is 60.9 Å². The number of aryl methyl sites for hydroxylation is 1. The van der Waals surface area contributed by atoms with E-state index in [2.05, 4.69) is 4.90 Å². The van der Waals surface area contributed by atoms with Crippen LogP contribution in [0.1, 0.15) is 17.5 Å². The SMILES string of the molecule is O=C(O)CCc1ccc(N2CCN(C(=O)/C=C/c3ccc(Cl)cc3)CC2)cc1. The molecule has 1 N–H and O–H groups in total. The Morgan fingerprint density at radius 2 is 1.61 bits per heavy atom. The van der Waals surface area contributed by atoms with E-state index >= 15 is 0 Å². The standard InChI is InChI=1S/C22H23ClN2O3/c23-19-7-1-17(2-8-19)5-11-21(26)25-15-13-24(14-16-25)20-9-3-18(4-10-20)6-12-22(27)28/h1-5,7-11H,6,12-16H2,(H,27,28)/b11-5+. The predicted molar refractivity (Wildman–Crippen MR) is 112 cm³/mol. The summed E-state index contributed by atoms with van der Waals surface area (Å²) in [5, 5.41) is 9.44. The molecule has 1 saturated heterocycles. The molecule has 6 heteroatoms. The summed E-state index contributed by atoms with van der Waals surface area (Å²) >= 11 is 5.87. The number of hydrogen-bond acceptors (Lipinski definition) is 3. The molecule has 0 radical (unpaired) electrons. The molecule has 2 aromatic carbocycles. The first-order chi connectivity index (χ1) is 13.5. The number of nitrogens with zero attached hydrogens (tertiary/aromatic N) is 2. The van der Waals surface area contributed by atoms with Gasteiger partial charge in [0.2, 0.25) is 5.91 Å². The molecule has 5 nitrogen and oxygen atoms in total. The minimum Gasteiger partial charge on any atom is -0.481 e. The van der Waals surface area contributed by atoms with Crippen LogP contribution in [-0.4, -0.2) is 48.1 Å². The fraction of sp³-hybridized carbons (Fsp3) is 0.273. The molecule has 1 aliphatic rings. The van der Waals surface area contributed by atoms with E-state index in [1.807, 2.05) is 41.3 Å². The number of aliphatic carboxylic acids is 1. The zero-order chi connectivity index (χ0) is 19.9. The van der Waals surface area contributed by atoms with Crippen LogP contribution >= 0.6 is 11.6 Å². The molecule has 28 heavy (non-hydrogen) atoms. The van der Waals surface area contributed by atoms with Crippen molar-refractivity contribution in [1.82, 2.24) is 4.90 Å². The smallest absolute Gasteiger partial charge is 0.303 e. The van der Waals surface area contributed by atoms with Crippen LogP contribution in [0.15, 0.2) is 54.6 Å². The number of carboxylic acid groups (broad SMARTS) is 1. The van der Waals surface area contributed by atoms with Gasteiger partial charge in [0, 0.05) is 49.4 Å². The van der Waals surface area contributed by atoms with Gasteiger partial charge in [-0.3, -0.25) is 9.59 Å². The van der Waals surface area contributed by atoms with Crippen molar-refractivity contribution in [1.29, 1.82) is 0 Å². The molecule has 0 aliphatic carbocycles. The van der Waals surface area contributed by atoms with E-state index in [-0.39, 0.29) is 12.3 Å². The molecule has 2 aromatic rings. The highest BCUT2D eigenvalue weighted by Crippen LogP contribution is 2.18. The van der Waals surface area contributed by atoms with Crippen molar-refractivity contribution >= 4 is 35.2 Å². The second kappa shape index (κ2) is 9.42. The molecule has 146 valence electrons. The molecular formula is C22H23ClN2O3. The van der Waals surface area contributed by atoms with E-state index in [4.69, 9.17) is 16.7 Å². The number of amides is 1. The van der Waals surface area contributed by atoms with Crippen molar-refractivity contribution in [2.24, 2.45) is 0 Å². The van der Waals surface area contributed by atoms with Crippen LogP contribution in [0.2, 0.25) is 5.02 Å². The molecule has 0 spiro atoms. The highest BCUT2D eigenvalue weighted by molar-refractivity contribution is 6.30. The van der Waals surface area contributed by atoms with Crippen molar-refractivity contribution in [3.05, 3.63) is 70.8 Å². The van der Waals surface area contributed by atoms with Gasteiger partial charge in [-0.1, -0.05) is 35.9 Å². The van der Waals surface area contributed by atoms with Gasteiger partial charge in [0.1, 0.15) is 0 Å². The molecule has 0 atom stereocenters. The number of rotatable bonds is 6. The van der Waals surface area contributed by atoms with Crippen LogP contribution in [0.5, 0.6) is 0 Å². The van der Waals surface area contributed by atoms with Crippen molar-refractivity contribution in [3.63, 3.8) is 0 Å². The summed E-state index contributed by atoms with van der Waals surface area (Å²) in [6, 6.07) is 15.4. The molecule has 0 bridgehead atoms. The van der Waals surface area contributed by atoms with Gasteiger partial charge in [-0.25, -0.2) is 0 Å². The van der Waals surface area contributed by atoms with Crippen LogP contribution in [0.3, 0.4) is 0 Å². The summed E-state index contributed by atoms with van der Waals surface area (Å²) in [4.78, 5) is 27.2. The molecular weight excluding hydrogens is 376 g/mol. The van der Waals surface area contributed by atoms with E-state index in [0.717, 1.165) is 29.9 Å². The summed E-state index contributed by atoms with van der Waals surface area (Å²) in [6.45, 7) is 2.89. The summed E-state index contributed by atoms with van der Waals surface area (Å²) in [5.41, 5.74) is 3.06. The van der Waals surface area contributed by atoms with Crippen molar-refractivity contribution in [2.45, 2.75) is 12.8 Å². The van der Waals surface area contributed by atoms with Gasteiger partial charge in [-0.2, -0.15) is 0 Å². The average Bonchev–Trinajstić information content (AvgIpc) is 2.72. The van der Waals surface area contributed by atoms with Gasteiger partial charge in [0.15, 0.2) is 0 Å². The number of hydrogen-bond donors (Lipinski definition) is 1. The van der Waals surface area contributed by atoms with Gasteiger partial charge in [0.05, 0.1) is 0 Å². The zero-order valence-electron chi connectivity index (χ0n) is 15.6. The number of benzene rings is 2. The predicted octanol–water partition coefficient (Wildman–Crippen LogP) is 3.72. The van der Waals surface area contributed by atoms with Gasteiger partial charge in [-0.05, 0) is 47.9 Å². The fourth-order valence-corrected chi connectivity index (χ4v) is 3.28. The Labute approximate surface area is 169 Å². The normalized spacial score (nSPS) is 14.5. The third-order valence-electron chi connectivity index (χ3n) is 4.81. The maximum absolute atomic E-state index is 12.4. The van der Waals surface area contributed by atoms with Gasteiger partial charge in [-0.15, -0.1) is 0 Å². The molecule has 1 aliphatic heterocycles. The third kappa shape index (κ3) is 5.60. The van der Waals surface area contributed by atoms with Crippen LogP contribution in [0.4, 0.5) is 5.69 Å². The van der Waals surface area contributed by atoms with E-state index in [1.54, 1.807) is 24.3 Å². The van der Waals surface area contributed by atoms with E-state index in [0.29, 0.717) is 24.5 Å². The third-order valence-corrected chi connectivity index (χ3v) is 5.06. The molecule has 3 rings (SSSR count). The number of piperazine rings is 1. The molecule has 1 fully saturated rings. The summed E-state index contributed by atoms with van der Waals surface area (Å²) in [5.74, 6) is -0.770. The van der Waals surface area contributed by atoms with Gasteiger partial charge < -0.3 is 14.9 Å². The highest BCUT2D eigenvalue weighted by Gasteiger charge is 2.19. The Balaban J connectivity index is 1.50. The Morgan fingerprint density at radius 3 is 2.21 bits per heavy atom. The molecule has 1 heterocycles. The number of halogens is 1. The Hall–Kier alpha value is -2.79. The first-order valence-electron chi connectivity index (χ1n) is 9.29. The molecule has 0 unspecified atom stereocenters. The Morgan fingerprint density at radius 1 is 0.964 bits per heavy atom. The largest absolute Gasteiger partial charge is 0.481 e. The zero-order valence-corrected chi connectivity index (χ0v) is 16.3. The number of anilines is 1. The van der Waals surface area contributed by atoms with Crippen LogP contribution in [0.25, 0.3) is 6.08 Å². The van der Waals surface area contributed by atoms with Crippen molar-refractivity contribution in [3.8, 4) is 0 Å². The molecule has 1 amide bonds.